The topological polar surface area (TPSA) is 97.4 Å². The lowest BCUT2D eigenvalue weighted by atomic mass is 10.3. The number of rotatable bonds is 7. The van der Waals surface area contributed by atoms with Gasteiger partial charge in [0.05, 0.1) is 23.9 Å². The van der Waals surface area contributed by atoms with Gasteiger partial charge in [-0.15, -0.1) is 0 Å². The van der Waals surface area contributed by atoms with E-state index in [-0.39, 0.29) is 23.8 Å². The number of sulfonamides is 1. The zero-order valence-corrected chi connectivity index (χ0v) is 13.6. The van der Waals surface area contributed by atoms with Crippen LogP contribution < -0.4 is 14.8 Å². The molecule has 1 aromatic heterocycles. The molecular weight excluding hydrogens is 337 g/mol. The predicted molar refractivity (Wildman–Crippen MR) is 85.6 cm³/mol. The summed E-state index contributed by atoms with van der Waals surface area (Å²) in [4.78, 5) is 15.7. The number of benzene rings is 1. The van der Waals surface area contributed by atoms with Gasteiger partial charge in [-0.1, -0.05) is 0 Å². The lowest BCUT2D eigenvalue weighted by Crippen LogP contribution is -2.27. The number of carbonyl (C=O) groups is 1. The molecule has 1 heterocycles. The van der Waals surface area contributed by atoms with E-state index in [1.807, 2.05) is 0 Å². The van der Waals surface area contributed by atoms with Gasteiger partial charge in [-0.25, -0.2) is 22.5 Å². The van der Waals surface area contributed by atoms with Gasteiger partial charge >= 0.3 is 0 Å². The average Bonchev–Trinajstić information content (AvgIpc) is 2.56. The highest BCUT2D eigenvalue weighted by molar-refractivity contribution is 7.89. The number of nitrogens with one attached hydrogen (secondary N) is 2. The minimum Gasteiger partial charge on any atom is -0.481 e. The highest BCUT2D eigenvalue weighted by Gasteiger charge is 2.14. The van der Waals surface area contributed by atoms with Crippen LogP contribution in [0.15, 0.2) is 47.5 Å². The third-order valence-corrected chi connectivity index (χ3v) is 4.47. The molecule has 0 saturated carbocycles. The van der Waals surface area contributed by atoms with Crippen molar-refractivity contribution in [2.24, 2.45) is 0 Å². The normalized spacial score (nSPS) is 11.1. The maximum Gasteiger partial charge on any atom is 0.240 e. The van der Waals surface area contributed by atoms with Crippen molar-refractivity contribution in [2.45, 2.75) is 11.3 Å². The number of anilines is 1. The Kier molecular flexibility index (Phi) is 5.83. The molecule has 0 fully saturated rings. The highest BCUT2D eigenvalue weighted by atomic mass is 32.2. The lowest BCUT2D eigenvalue weighted by Gasteiger charge is -2.08. The molecule has 0 aliphatic carbocycles. The van der Waals surface area contributed by atoms with Crippen molar-refractivity contribution in [3.05, 3.63) is 48.4 Å². The number of amides is 1. The zero-order chi connectivity index (χ0) is 17.6. The summed E-state index contributed by atoms with van der Waals surface area (Å²) in [6.07, 6.45) is 1.37. The van der Waals surface area contributed by atoms with Crippen LogP contribution in [0.1, 0.15) is 6.42 Å². The Morgan fingerprint density at radius 2 is 1.92 bits per heavy atom. The quantitative estimate of drug-likeness (QED) is 0.787. The Labute approximate surface area is 138 Å². The molecular formula is C15H16FN3O4S. The van der Waals surface area contributed by atoms with Gasteiger partial charge in [0.15, 0.2) is 0 Å². The molecule has 2 aromatic rings. The number of hydrogen-bond donors (Lipinski definition) is 2. The molecule has 0 aliphatic rings. The first-order valence-corrected chi connectivity index (χ1v) is 8.44. The first kappa shape index (κ1) is 17.8. The van der Waals surface area contributed by atoms with Crippen LogP contribution in [0.25, 0.3) is 0 Å². The third kappa shape index (κ3) is 5.00. The average molecular weight is 353 g/mol. The molecule has 0 bridgehead atoms. The summed E-state index contributed by atoms with van der Waals surface area (Å²) in [6.45, 7) is -0.0882. The summed E-state index contributed by atoms with van der Waals surface area (Å²) >= 11 is 0. The monoisotopic (exact) mass is 353 g/mol. The van der Waals surface area contributed by atoms with Gasteiger partial charge < -0.3 is 10.1 Å². The highest BCUT2D eigenvalue weighted by Crippen LogP contribution is 2.11. The summed E-state index contributed by atoms with van der Waals surface area (Å²) in [5, 5.41) is 2.59. The minimum atomic E-state index is -3.78. The second-order valence-corrected chi connectivity index (χ2v) is 6.51. The fraction of sp³-hybridized carbons (Fsp3) is 0.200. The summed E-state index contributed by atoms with van der Waals surface area (Å²) in [7, 11) is -2.30. The maximum atomic E-state index is 12.8. The number of hydrogen-bond acceptors (Lipinski definition) is 5. The lowest BCUT2D eigenvalue weighted by molar-refractivity contribution is -0.116. The zero-order valence-electron chi connectivity index (χ0n) is 12.8. The number of methoxy groups -OCH3 is 1. The molecule has 1 amide bonds. The number of pyridine rings is 1. The standard InChI is InChI=1S/C15H16FN3O4S/c1-23-15-7-4-12(10-17-15)19-14(20)8-9-18-24(21,22)13-5-2-11(16)3-6-13/h2-7,10,18H,8-9H2,1H3,(H,19,20). The number of halogens is 1. The van der Waals surface area contributed by atoms with Crippen LogP contribution in [0.4, 0.5) is 10.1 Å². The van der Waals surface area contributed by atoms with Crippen LogP contribution in [-0.2, 0) is 14.8 Å². The fourth-order valence-corrected chi connectivity index (χ4v) is 2.83. The van der Waals surface area contributed by atoms with E-state index in [4.69, 9.17) is 4.74 Å². The first-order valence-electron chi connectivity index (χ1n) is 6.96. The van der Waals surface area contributed by atoms with Gasteiger partial charge in [0.25, 0.3) is 0 Å². The van der Waals surface area contributed by atoms with Gasteiger partial charge in [0, 0.05) is 19.0 Å². The van der Waals surface area contributed by atoms with E-state index in [1.165, 1.54) is 13.3 Å². The van der Waals surface area contributed by atoms with Crippen molar-refractivity contribution in [2.75, 3.05) is 19.0 Å². The SMILES string of the molecule is COc1ccc(NC(=O)CCNS(=O)(=O)c2ccc(F)cc2)cn1. The van der Waals surface area contributed by atoms with Crippen molar-refractivity contribution in [1.82, 2.24) is 9.71 Å². The van der Waals surface area contributed by atoms with Crippen LogP contribution in [-0.4, -0.2) is 33.0 Å². The van der Waals surface area contributed by atoms with E-state index in [0.717, 1.165) is 24.3 Å². The molecule has 0 saturated heterocycles. The molecule has 0 radical (unpaired) electrons. The molecule has 7 nitrogen and oxygen atoms in total. The summed E-state index contributed by atoms with van der Waals surface area (Å²) in [5.74, 6) is -0.481. The van der Waals surface area contributed by atoms with Crippen LogP contribution in [0.5, 0.6) is 5.88 Å². The second-order valence-electron chi connectivity index (χ2n) is 4.74. The molecule has 2 rings (SSSR count). The summed E-state index contributed by atoms with van der Waals surface area (Å²) in [5.41, 5.74) is 0.474. The number of aromatic nitrogens is 1. The molecule has 0 atom stereocenters. The van der Waals surface area contributed by atoms with E-state index >= 15 is 0 Å². The number of nitrogens with zero attached hydrogens (tertiary/aromatic N) is 1. The Balaban J connectivity index is 1.84. The van der Waals surface area contributed by atoms with E-state index in [9.17, 15) is 17.6 Å². The first-order chi connectivity index (χ1) is 11.4. The van der Waals surface area contributed by atoms with Gasteiger partial charge in [0.2, 0.25) is 21.8 Å². The number of carbonyl (C=O) groups excluding carboxylic acids is 1. The largest absolute Gasteiger partial charge is 0.481 e. The molecule has 9 heteroatoms. The van der Waals surface area contributed by atoms with Gasteiger partial charge in [-0.05, 0) is 30.3 Å². The molecule has 0 aliphatic heterocycles. The van der Waals surface area contributed by atoms with Crippen LogP contribution >= 0.6 is 0 Å². The molecule has 24 heavy (non-hydrogen) atoms. The molecule has 2 N–H and O–H groups in total. The Hall–Kier alpha value is -2.52. The third-order valence-electron chi connectivity index (χ3n) is 3.00. The molecule has 0 unspecified atom stereocenters. The molecule has 128 valence electrons. The summed E-state index contributed by atoms with van der Waals surface area (Å²) in [6, 6.07) is 7.62. The minimum absolute atomic E-state index is 0.0630. The van der Waals surface area contributed by atoms with Gasteiger partial charge in [-0.3, -0.25) is 4.79 Å². The van der Waals surface area contributed by atoms with Crippen molar-refractivity contribution in [3.8, 4) is 5.88 Å². The van der Waals surface area contributed by atoms with Gasteiger partial charge in [-0.2, -0.15) is 0 Å². The van der Waals surface area contributed by atoms with Crippen LogP contribution in [0, 0.1) is 5.82 Å². The Bertz CT molecular complexity index is 792. The van der Waals surface area contributed by atoms with Crippen molar-refractivity contribution in [1.29, 1.82) is 0 Å². The predicted octanol–water partition coefficient (Wildman–Crippen LogP) is 1.54. The maximum absolute atomic E-state index is 12.8. The second kappa shape index (κ2) is 7.84. The summed E-state index contributed by atoms with van der Waals surface area (Å²) < 4.78 is 43.9. The Morgan fingerprint density at radius 3 is 2.50 bits per heavy atom. The van der Waals surface area contributed by atoms with Gasteiger partial charge in [0.1, 0.15) is 5.82 Å². The number of ether oxygens (including phenoxy) is 1. The molecule has 0 spiro atoms. The van der Waals surface area contributed by atoms with E-state index < -0.39 is 15.8 Å². The Morgan fingerprint density at radius 1 is 1.21 bits per heavy atom. The van der Waals surface area contributed by atoms with Crippen molar-refractivity contribution < 1.29 is 22.3 Å². The van der Waals surface area contributed by atoms with E-state index in [1.54, 1.807) is 12.1 Å². The van der Waals surface area contributed by atoms with E-state index in [2.05, 4.69) is 15.0 Å². The van der Waals surface area contributed by atoms with E-state index in [0.29, 0.717) is 11.6 Å². The smallest absolute Gasteiger partial charge is 0.240 e. The van der Waals surface area contributed by atoms with Crippen molar-refractivity contribution >= 4 is 21.6 Å². The van der Waals surface area contributed by atoms with Crippen LogP contribution in [0.2, 0.25) is 0 Å². The van der Waals surface area contributed by atoms with Crippen molar-refractivity contribution in [3.63, 3.8) is 0 Å². The fourth-order valence-electron chi connectivity index (χ4n) is 1.79. The molecule has 1 aromatic carbocycles. The van der Waals surface area contributed by atoms with Crippen LogP contribution in [0.3, 0.4) is 0 Å².